The van der Waals surface area contributed by atoms with Gasteiger partial charge in [0.05, 0.1) is 12.2 Å². The molecule has 0 spiro atoms. The minimum Gasteiger partial charge on any atom is -0.351 e. The van der Waals surface area contributed by atoms with Crippen LogP contribution in [0.5, 0.6) is 0 Å². The van der Waals surface area contributed by atoms with E-state index in [4.69, 9.17) is 4.52 Å². The number of amides is 3. The summed E-state index contributed by atoms with van der Waals surface area (Å²) in [4.78, 5) is 29.1. The first-order valence-electron chi connectivity index (χ1n) is 5.88. The normalized spacial score (nSPS) is 23.5. The van der Waals surface area contributed by atoms with Crippen molar-refractivity contribution in [1.82, 2.24) is 19.9 Å². The standard InChI is InChI=1S/C11H14N4O3/c1-13-6-8-7-14(4-5-15(8)11(13)17)10(16)9-2-3-12-18-9/h2-3,8H,4-7H2,1H3/t8-/m0/s1. The highest BCUT2D eigenvalue weighted by atomic mass is 16.5. The van der Waals surface area contributed by atoms with Crippen LogP contribution < -0.4 is 0 Å². The summed E-state index contributed by atoms with van der Waals surface area (Å²) in [5.41, 5.74) is 0. The molecular weight excluding hydrogens is 236 g/mol. The summed E-state index contributed by atoms with van der Waals surface area (Å²) >= 11 is 0. The molecule has 1 aromatic heterocycles. The topological polar surface area (TPSA) is 69.9 Å². The van der Waals surface area contributed by atoms with Gasteiger partial charge in [-0.1, -0.05) is 5.16 Å². The summed E-state index contributed by atoms with van der Waals surface area (Å²) in [7, 11) is 1.78. The minimum absolute atomic E-state index is 0.0479. The Kier molecular flexibility index (Phi) is 2.46. The van der Waals surface area contributed by atoms with Gasteiger partial charge < -0.3 is 19.2 Å². The largest absolute Gasteiger partial charge is 0.351 e. The summed E-state index contributed by atoms with van der Waals surface area (Å²) in [5.74, 6) is 0.0929. The summed E-state index contributed by atoms with van der Waals surface area (Å²) in [6.45, 7) is 2.33. The number of carbonyl (C=O) groups excluding carboxylic acids is 2. The molecule has 2 fully saturated rings. The van der Waals surface area contributed by atoms with Crippen molar-refractivity contribution >= 4 is 11.9 Å². The second-order valence-corrected chi connectivity index (χ2v) is 4.64. The highest BCUT2D eigenvalue weighted by molar-refractivity contribution is 5.91. The van der Waals surface area contributed by atoms with Crippen LogP contribution in [-0.2, 0) is 0 Å². The molecule has 0 bridgehead atoms. The van der Waals surface area contributed by atoms with Crippen molar-refractivity contribution in [3.05, 3.63) is 18.0 Å². The molecule has 2 aliphatic rings. The number of rotatable bonds is 1. The lowest BCUT2D eigenvalue weighted by atomic mass is 10.2. The Balaban J connectivity index is 1.72. The quantitative estimate of drug-likeness (QED) is 0.696. The third kappa shape index (κ3) is 1.62. The van der Waals surface area contributed by atoms with Gasteiger partial charge in [0.1, 0.15) is 0 Å². The molecule has 3 heterocycles. The number of aromatic nitrogens is 1. The summed E-state index contributed by atoms with van der Waals surface area (Å²) < 4.78 is 4.87. The number of hydrogen-bond donors (Lipinski definition) is 0. The van der Waals surface area contributed by atoms with E-state index in [2.05, 4.69) is 5.16 Å². The monoisotopic (exact) mass is 250 g/mol. The zero-order chi connectivity index (χ0) is 12.7. The number of nitrogens with zero attached hydrogens (tertiary/aromatic N) is 4. The summed E-state index contributed by atoms with van der Waals surface area (Å²) in [6.07, 6.45) is 1.45. The molecule has 7 heteroatoms. The molecule has 0 aromatic carbocycles. The Morgan fingerprint density at radius 3 is 3.00 bits per heavy atom. The van der Waals surface area contributed by atoms with Gasteiger partial charge >= 0.3 is 6.03 Å². The fourth-order valence-electron chi connectivity index (χ4n) is 2.54. The van der Waals surface area contributed by atoms with Crippen molar-refractivity contribution in [1.29, 1.82) is 0 Å². The highest BCUT2D eigenvalue weighted by Crippen LogP contribution is 2.20. The Bertz CT molecular complexity index is 473. The van der Waals surface area contributed by atoms with Crippen molar-refractivity contribution in [3.63, 3.8) is 0 Å². The van der Waals surface area contributed by atoms with E-state index in [-0.39, 0.29) is 23.7 Å². The lowest BCUT2D eigenvalue weighted by Gasteiger charge is -2.35. The van der Waals surface area contributed by atoms with Crippen LogP contribution in [0.4, 0.5) is 4.79 Å². The smallest absolute Gasteiger partial charge is 0.320 e. The summed E-state index contributed by atoms with van der Waals surface area (Å²) in [6, 6.07) is 1.69. The van der Waals surface area contributed by atoms with Crippen molar-refractivity contribution in [3.8, 4) is 0 Å². The molecule has 3 amide bonds. The first-order chi connectivity index (χ1) is 8.66. The van der Waals surface area contributed by atoms with Crippen LogP contribution in [0.3, 0.4) is 0 Å². The number of likely N-dealkylation sites (N-methyl/N-ethyl adjacent to an activating group) is 1. The van der Waals surface area contributed by atoms with Crippen molar-refractivity contribution in [2.45, 2.75) is 6.04 Å². The maximum absolute atomic E-state index is 12.1. The second kappa shape index (κ2) is 4.01. The number of piperazine rings is 1. The van der Waals surface area contributed by atoms with E-state index in [0.29, 0.717) is 26.2 Å². The van der Waals surface area contributed by atoms with E-state index >= 15 is 0 Å². The first-order valence-corrected chi connectivity index (χ1v) is 5.88. The average Bonchev–Trinajstić information content (AvgIpc) is 2.98. The first kappa shape index (κ1) is 11.1. The lowest BCUT2D eigenvalue weighted by molar-refractivity contribution is 0.0577. The van der Waals surface area contributed by atoms with Gasteiger partial charge in [-0.2, -0.15) is 0 Å². The molecule has 96 valence electrons. The Morgan fingerprint density at radius 1 is 1.44 bits per heavy atom. The maximum atomic E-state index is 12.1. The molecule has 0 unspecified atom stereocenters. The van der Waals surface area contributed by atoms with Crippen LogP contribution in [-0.4, -0.2) is 71.1 Å². The number of fused-ring (bicyclic) bond motifs is 1. The molecule has 2 aliphatic heterocycles. The predicted molar refractivity (Wildman–Crippen MR) is 60.9 cm³/mol. The number of hydrogen-bond acceptors (Lipinski definition) is 4. The van der Waals surface area contributed by atoms with Gasteiger partial charge in [0, 0.05) is 39.3 Å². The molecule has 0 N–H and O–H groups in total. The third-order valence-corrected chi connectivity index (χ3v) is 3.48. The highest BCUT2D eigenvalue weighted by Gasteiger charge is 2.40. The molecule has 1 atom stereocenters. The maximum Gasteiger partial charge on any atom is 0.320 e. The van der Waals surface area contributed by atoms with Gasteiger partial charge in [-0.3, -0.25) is 4.79 Å². The van der Waals surface area contributed by atoms with Crippen LogP contribution in [0.2, 0.25) is 0 Å². The molecule has 0 saturated carbocycles. The molecule has 7 nitrogen and oxygen atoms in total. The van der Waals surface area contributed by atoms with E-state index in [0.717, 1.165) is 0 Å². The Morgan fingerprint density at radius 2 is 2.28 bits per heavy atom. The second-order valence-electron chi connectivity index (χ2n) is 4.64. The van der Waals surface area contributed by atoms with Gasteiger partial charge in [-0.05, 0) is 0 Å². The van der Waals surface area contributed by atoms with Gasteiger partial charge in [-0.25, -0.2) is 4.79 Å². The molecular formula is C11H14N4O3. The minimum atomic E-state index is -0.158. The van der Waals surface area contributed by atoms with E-state index in [1.54, 1.807) is 22.9 Å². The van der Waals surface area contributed by atoms with E-state index in [9.17, 15) is 9.59 Å². The molecule has 3 rings (SSSR count). The fourth-order valence-corrected chi connectivity index (χ4v) is 2.54. The van der Waals surface area contributed by atoms with Crippen molar-refractivity contribution < 1.29 is 14.1 Å². The molecule has 18 heavy (non-hydrogen) atoms. The van der Waals surface area contributed by atoms with Gasteiger partial charge in [0.15, 0.2) is 0 Å². The number of urea groups is 1. The van der Waals surface area contributed by atoms with Gasteiger partial charge in [0.2, 0.25) is 5.76 Å². The summed E-state index contributed by atoms with van der Waals surface area (Å²) in [5, 5.41) is 3.53. The Labute approximate surface area is 104 Å². The molecule has 0 radical (unpaired) electrons. The van der Waals surface area contributed by atoms with Crippen molar-refractivity contribution in [2.75, 3.05) is 33.2 Å². The van der Waals surface area contributed by atoms with Crippen LogP contribution in [0.15, 0.2) is 16.8 Å². The fraction of sp³-hybridized carbons (Fsp3) is 0.545. The van der Waals surface area contributed by atoms with Crippen molar-refractivity contribution in [2.24, 2.45) is 0 Å². The third-order valence-electron chi connectivity index (χ3n) is 3.48. The molecule has 2 saturated heterocycles. The van der Waals surface area contributed by atoms with E-state index < -0.39 is 0 Å². The predicted octanol–water partition coefficient (Wildman–Crippen LogP) is -0.134. The van der Waals surface area contributed by atoms with E-state index in [1.807, 2.05) is 4.90 Å². The molecule has 0 aliphatic carbocycles. The average molecular weight is 250 g/mol. The van der Waals surface area contributed by atoms with E-state index in [1.165, 1.54) is 6.20 Å². The molecule has 1 aromatic rings. The lowest BCUT2D eigenvalue weighted by Crippen LogP contribution is -2.53. The van der Waals surface area contributed by atoms with Crippen LogP contribution >= 0.6 is 0 Å². The SMILES string of the molecule is CN1C[C@H]2CN(C(=O)c3ccno3)CCN2C1=O. The van der Waals surface area contributed by atoms with Crippen LogP contribution in [0, 0.1) is 0 Å². The van der Waals surface area contributed by atoms with Crippen LogP contribution in [0.1, 0.15) is 10.6 Å². The van der Waals surface area contributed by atoms with Crippen LogP contribution in [0.25, 0.3) is 0 Å². The number of carbonyl (C=O) groups is 2. The zero-order valence-corrected chi connectivity index (χ0v) is 10.1. The van der Waals surface area contributed by atoms with Gasteiger partial charge in [0.25, 0.3) is 5.91 Å². The van der Waals surface area contributed by atoms with Gasteiger partial charge in [-0.15, -0.1) is 0 Å². The Hall–Kier alpha value is -2.05. The zero-order valence-electron chi connectivity index (χ0n) is 10.1.